The molecule has 0 bridgehead atoms. The van der Waals surface area contributed by atoms with Crippen LogP contribution in [-0.4, -0.2) is 21.4 Å². The molecule has 4 aromatic rings. The summed E-state index contributed by atoms with van der Waals surface area (Å²) in [5.74, 6) is -0.289. The van der Waals surface area contributed by atoms with Gasteiger partial charge in [0.25, 0.3) is 15.9 Å². The molecular weight excluding hydrogens is 517 g/mol. The highest BCUT2D eigenvalue weighted by atomic mass is 32.2. The molecule has 0 aromatic heterocycles. The fourth-order valence-electron chi connectivity index (χ4n) is 3.78. The summed E-state index contributed by atoms with van der Waals surface area (Å²) in [7, 11) is -2.72. The van der Waals surface area contributed by atoms with Crippen molar-refractivity contribution in [2.45, 2.75) is 17.6 Å². The number of halogens is 3. The van der Waals surface area contributed by atoms with Gasteiger partial charge in [0.15, 0.2) is 0 Å². The number of rotatable bonds is 8. The molecule has 0 radical (unpaired) electrons. The lowest BCUT2D eigenvalue weighted by molar-refractivity contribution is -0.137. The largest absolute Gasteiger partial charge is 0.497 e. The monoisotopic (exact) mass is 540 g/mol. The van der Waals surface area contributed by atoms with Crippen LogP contribution < -0.4 is 14.4 Å². The molecule has 4 aromatic carbocycles. The van der Waals surface area contributed by atoms with Crippen LogP contribution in [0.3, 0.4) is 0 Å². The SMILES string of the molecule is COc1ccc(S(=O)(=O)N(Cc2ccccc2)c2ccccc2C(=O)Nc2cccc(C(F)(F)F)c2)cc1. The third-order valence-corrected chi connectivity index (χ3v) is 7.46. The predicted molar refractivity (Wildman–Crippen MR) is 139 cm³/mol. The van der Waals surface area contributed by atoms with Crippen LogP contribution in [-0.2, 0) is 22.7 Å². The highest BCUT2D eigenvalue weighted by Crippen LogP contribution is 2.32. The molecule has 38 heavy (non-hydrogen) atoms. The number of nitrogens with one attached hydrogen (secondary N) is 1. The van der Waals surface area contributed by atoms with E-state index in [-0.39, 0.29) is 28.4 Å². The first kappa shape index (κ1) is 26.7. The van der Waals surface area contributed by atoms with Gasteiger partial charge in [-0.3, -0.25) is 9.10 Å². The van der Waals surface area contributed by atoms with Crippen LogP contribution in [0.5, 0.6) is 5.75 Å². The minimum Gasteiger partial charge on any atom is -0.497 e. The molecule has 0 atom stereocenters. The van der Waals surface area contributed by atoms with Gasteiger partial charge in [-0.05, 0) is 60.2 Å². The molecule has 4 rings (SSSR count). The van der Waals surface area contributed by atoms with Crippen LogP contribution >= 0.6 is 0 Å². The third kappa shape index (κ3) is 5.97. The summed E-state index contributed by atoms with van der Waals surface area (Å²) in [4.78, 5) is 13.2. The number of amides is 1. The summed E-state index contributed by atoms with van der Waals surface area (Å²) in [6, 6.07) is 24.9. The van der Waals surface area contributed by atoms with E-state index in [0.29, 0.717) is 11.3 Å². The van der Waals surface area contributed by atoms with Crippen LogP contribution in [0.2, 0.25) is 0 Å². The zero-order chi connectivity index (χ0) is 27.3. The maximum atomic E-state index is 13.9. The number of carbonyl (C=O) groups excluding carboxylic acids is 1. The topological polar surface area (TPSA) is 75.7 Å². The number of hydrogen-bond donors (Lipinski definition) is 1. The van der Waals surface area contributed by atoms with E-state index < -0.39 is 27.7 Å². The molecule has 0 heterocycles. The number of ether oxygens (including phenoxy) is 1. The van der Waals surface area contributed by atoms with Gasteiger partial charge in [-0.15, -0.1) is 0 Å². The number of alkyl halides is 3. The lowest BCUT2D eigenvalue weighted by atomic mass is 10.1. The van der Waals surface area contributed by atoms with E-state index in [1.807, 2.05) is 0 Å². The fourth-order valence-corrected chi connectivity index (χ4v) is 5.25. The summed E-state index contributed by atoms with van der Waals surface area (Å²) in [6.07, 6.45) is -4.59. The zero-order valence-electron chi connectivity index (χ0n) is 20.1. The van der Waals surface area contributed by atoms with E-state index in [4.69, 9.17) is 4.74 Å². The Balaban J connectivity index is 1.76. The van der Waals surface area contributed by atoms with Gasteiger partial charge >= 0.3 is 6.18 Å². The van der Waals surface area contributed by atoms with Gasteiger partial charge in [0.2, 0.25) is 0 Å². The molecule has 0 spiro atoms. The van der Waals surface area contributed by atoms with Crippen molar-refractivity contribution in [1.82, 2.24) is 0 Å². The fraction of sp³-hybridized carbons (Fsp3) is 0.107. The molecule has 0 saturated carbocycles. The number of nitrogens with zero attached hydrogens (tertiary/aromatic N) is 1. The van der Waals surface area contributed by atoms with Gasteiger partial charge in [0.1, 0.15) is 5.75 Å². The number of methoxy groups -OCH3 is 1. The summed E-state index contributed by atoms with van der Waals surface area (Å²) in [5, 5.41) is 2.46. The Morgan fingerprint density at radius 3 is 2.18 bits per heavy atom. The van der Waals surface area contributed by atoms with E-state index in [1.165, 1.54) is 55.6 Å². The Bertz CT molecular complexity index is 1520. The lowest BCUT2D eigenvalue weighted by Crippen LogP contribution is -2.32. The molecule has 0 fully saturated rings. The number of benzene rings is 4. The highest BCUT2D eigenvalue weighted by Gasteiger charge is 2.31. The number of anilines is 2. The number of sulfonamides is 1. The van der Waals surface area contributed by atoms with Crippen molar-refractivity contribution in [3.05, 3.63) is 120 Å². The van der Waals surface area contributed by atoms with Crippen LogP contribution in [0.4, 0.5) is 24.5 Å². The molecule has 1 amide bonds. The molecule has 0 saturated heterocycles. The smallest absolute Gasteiger partial charge is 0.416 e. The maximum absolute atomic E-state index is 13.9. The van der Waals surface area contributed by atoms with Crippen molar-refractivity contribution in [2.75, 3.05) is 16.7 Å². The second kappa shape index (κ2) is 11.0. The summed E-state index contributed by atoms with van der Waals surface area (Å²) in [6.45, 7) is -0.0942. The van der Waals surface area contributed by atoms with E-state index in [1.54, 1.807) is 42.5 Å². The second-order valence-corrected chi connectivity index (χ2v) is 10.1. The Labute approximate surface area is 218 Å². The molecule has 0 aliphatic rings. The van der Waals surface area contributed by atoms with Crippen molar-refractivity contribution in [2.24, 2.45) is 0 Å². The first-order chi connectivity index (χ1) is 18.1. The Morgan fingerprint density at radius 1 is 0.868 bits per heavy atom. The van der Waals surface area contributed by atoms with Gasteiger partial charge in [-0.25, -0.2) is 8.42 Å². The van der Waals surface area contributed by atoms with Gasteiger partial charge in [0.05, 0.1) is 35.4 Å². The molecule has 196 valence electrons. The van der Waals surface area contributed by atoms with Crippen LogP contribution in [0.1, 0.15) is 21.5 Å². The van der Waals surface area contributed by atoms with Gasteiger partial charge in [0, 0.05) is 5.69 Å². The molecule has 0 aliphatic carbocycles. The summed E-state index contributed by atoms with van der Waals surface area (Å²) in [5.41, 5.74) is -0.295. The lowest BCUT2D eigenvalue weighted by Gasteiger charge is -2.27. The minimum absolute atomic E-state index is 0.0256. The summed E-state index contributed by atoms with van der Waals surface area (Å²) < 4.78 is 73.4. The van der Waals surface area contributed by atoms with Crippen molar-refractivity contribution in [3.63, 3.8) is 0 Å². The molecule has 6 nitrogen and oxygen atoms in total. The molecule has 0 aliphatic heterocycles. The van der Waals surface area contributed by atoms with Crippen molar-refractivity contribution in [3.8, 4) is 5.75 Å². The first-order valence-electron chi connectivity index (χ1n) is 11.4. The van der Waals surface area contributed by atoms with Crippen molar-refractivity contribution < 1.29 is 31.1 Å². The van der Waals surface area contributed by atoms with Crippen LogP contribution in [0.15, 0.2) is 108 Å². The Morgan fingerprint density at radius 2 is 1.53 bits per heavy atom. The van der Waals surface area contributed by atoms with Crippen LogP contribution in [0.25, 0.3) is 0 Å². The van der Waals surface area contributed by atoms with Gasteiger partial charge in [-0.2, -0.15) is 13.2 Å². The Hall–Kier alpha value is -4.31. The normalized spacial score (nSPS) is 11.6. The predicted octanol–water partition coefficient (Wildman–Crippen LogP) is 6.36. The van der Waals surface area contributed by atoms with Crippen molar-refractivity contribution in [1.29, 1.82) is 0 Å². The Kier molecular flexibility index (Phi) is 7.72. The number of para-hydroxylation sites is 1. The number of hydrogen-bond acceptors (Lipinski definition) is 4. The standard InChI is InChI=1S/C28H23F3N2O4S/c1-37-23-14-16-24(17-15-23)38(35,36)33(19-20-8-3-2-4-9-20)26-13-6-5-12-25(26)27(34)32-22-11-7-10-21(18-22)28(29,30)31/h2-18H,19H2,1H3,(H,32,34). The average Bonchev–Trinajstić information content (AvgIpc) is 2.92. The molecule has 0 unspecified atom stereocenters. The first-order valence-corrected chi connectivity index (χ1v) is 12.8. The maximum Gasteiger partial charge on any atom is 0.416 e. The van der Waals surface area contributed by atoms with E-state index in [0.717, 1.165) is 16.4 Å². The van der Waals surface area contributed by atoms with Crippen molar-refractivity contribution >= 4 is 27.3 Å². The number of carbonyl (C=O) groups is 1. The summed E-state index contributed by atoms with van der Waals surface area (Å²) >= 11 is 0. The zero-order valence-corrected chi connectivity index (χ0v) is 21.0. The minimum atomic E-state index is -4.59. The van der Waals surface area contributed by atoms with Gasteiger partial charge < -0.3 is 10.1 Å². The molecular formula is C28H23F3N2O4S. The van der Waals surface area contributed by atoms with Crippen LogP contribution in [0, 0.1) is 0 Å². The van der Waals surface area contributed by atoms with E-state index in [2.05, 4.69) is 5.32 Å². The second-order valence-electron chi connectivity index (χ2n) is 8.22. The highest BCUT2D eigenvalue weighted by molar-refractivity contribution is 7.92. The molecule has 1 N–H and O–H groups in total. The third-order valence-electron chi connectivity index (χ3n) is 5.68. The van der Waals surface area contributed by atoms with Gasteiger partial charge in [-0.1, -0.05) is 48.5 Å². The molecule has 10 heteroatoms. The average molecular weight is 541 g/mol. The quantitative estimate of drug-likeness (QED) is 0.282. The van der Waals surface area contributed by atoms with E-state index in [9.17, 15) is 26.4 Å². The van der Waals surface area contributed by atoms with E-state index >= 15 is 0 Å².